The van der Waals surface area contributed by atoms with Crippen molar-refractivity contribution in [1.29, 1.82) is 0 Å². The molecule has 0 amide bonds. The zero-order valence-electron chi connectivity index (χ0n) is 13.3. The van der Waals surface area contributed by atoms with Gasteiger partial charge in [0, 0.05) is 18.2 Å². The maximum absolute atomic E-state index is 6.40. The maximum atomic E-state index is 6.40. The van der Waals surface area contributed by atoms with Crippen LogP contribution in [0.2, 0.25) is 10.0 Å². The van der Waals surface area contributed by atoms with Crippen molar-refractivity contribution in [2.24, 2.45) is 4.99 Å². The van der Waals surface area contributed by atoms with Crippen LogP contribution in [-0.2, 0) is 4.74 Å². The summed E-state index contributed by atoms with van der Waals surface area (Å²) in [5.74, 6) is 1.27. The number of halogens is 2. The van der Waals surface area contributed by atoms with Crippen LogP contribution < -0.4 is 14.4 Å². The highest BCUT2D eigenvalue weighted by atomic mass is 35.5. The molecule has 0 aliphatic carbocycles. The number of rotatable bonds is 4. The van der Waals surface area contributed by atoms with Crippen LogP contribution in [-0.4, -0.2) is 33.4 Å². The number of ether oxygens (including phenoxy) is 3. The molecule has 0 unspecified atom stereocenters. The van der Waals surface area contributed by atoms with E-state index < -0.39 is 0 Å². The largest absolute Gasteiger partial charge is 0.497 e. The minimum absolute atomic E-state index is 0.431. The summed E-state index contributed by atoms with van der Waals surface area (Å²) in [4.78, 5) is 6.17. The molecule has 3 rings (SSSR count). The van der Waals surface area contributed by atoms with Gasteiger partial charge in [-0.3, -0.25) is 4.90 Å². The molecule has 1 aliphatic rings. The van der Waals surface area contributed by atoms with E-state index in [1.807, 2.05) is 12.1 Å². The molecule has 24 heavy (non-hydrogen) atoms. The van der Waals surface area contributed by atoms with Crippen LogP contribution in [0.5, 0.6) is 11.5 Å². The lowest BCUT2D eigenvalue weighted by Crippen LogP contribution is -2.27. The molecule has 0 saturated carbocycles. The van der Waals surface area contributed by atoms with E-state index in [9.17, 15) is 0 Å². The highest BCUT2D eigenvalue weighted by molar-refractivity contribution is 6.40. The molecular formula is C17H16Cl2N2O3. The monoisotopic (exact) mass is 366 g/mol. The molecule has 0 radical (unpaired) electrons. The van der Waals surface area contributed by atoms with Gasteiger partial charge < -0.3 is 14.2 Å². The van der Waals surface area contributed by atoms with Gasteiger partial charge >= 0.3 is 0 Å². The van der Waals surface area contributed by atoms with E-state index in [4.69, 9.17) is 37.4 Å². The minimum atomic E-state index is 0.431. The summed E-state index contributed by atoms with van der Waals surface area (Å²) in [6, 6.07) is 11.2. The number of anilines is 2. The molecule has 5 nitrogen and oxygen atoms in total. The summed E-state index contributed by atoms with van der Waals surface area (Å²) in [6.07, 6.45) is 0. The molecule has 2 aromatic rings. The Hall–Kier alpha value is -2.11. The summed E-state index contributed by atoms with van der Waals surface area (Å²) >= 11 is 12.8. The van der Waals surface area contributed by atoms with Gasteiger partial charge in [-0.1, -0.05) is 29.3 Å². The fourth-order valence-corrected chi connectivity index (χ4v) is 2.98. The van der Waals surface area contributed by atoms with Crippen molar-refractivity contribution in [3.63, 3.8) is 0 Å². The molecule has 1 aliphatic heterocycles. The molecule has 7 heteroatoms. The van der Waals surface area contributed by atoms with Crippen LogP contribution in [0.1, 0.15) is 0 Å². The lowest BCUT2D eigenvalue weighted by Gasteiger charge is -2.26. The van der Waals surface area contributed by atoms with E-state index in [-0.39, 0.29) is 0 Å². The highest BCUT2D eigenvalue weighted by Crippen LogP contribution is 2.41. The number of hydrogen-bond acceptors (Lipinski definition) is 5. The van der Waals surface area contributed by atoms with E-state index in [0.717, 1.165) is 5.69 Å². The number of para-hydroxylation sites is 1. The van der Waals surface area contributed by atoms with Gasteiger partial charge in [-0.05, 0) is 12.1 Å². The molecule has 126 valence electrons. The highest BCUT2D eigenvalue weighted by Gasteiger charge is 2.26. The van der Waals surface area contributed by atoms with Crippen molar-refractivity contribution in [1.82, 2.24) is 0 Å². The first-order valence-corrected chi connectivity index (χ1v) is 8.04. The topological polar surface area (TPSA) is 43.3 Å². The molecule has 0 bridgehead atoms. The Kier molecular flexibility index (Phi) is 5.02. The molecule has 2 aromatic carbocycles. The van der Waals surface area contributed by atoms with E-state index in [2.05, 4.69) is 4.99 Å². The van der Waals surface area contributed by atoms with Crippen LogP contribution in [0.4, 0.5) is 11.4 Å². The summed E-state index contributed by atoms with van der Waals surface area (Å²) in [7, 11) is 3.18. The quantitative estimate of drug-likeness (QED) is 0.796. The van der Waals surface area contributed by atoms with Crippen molar-refractivity contribution in [3.05, 3.63) is 46.4 Å². The number of amidine groups is 1. The summed E-state index contributed by atoms with van der Waals surface area (Å²) in [5, 5.41) is 0.977. The fourth-order valence-electron chi connectivity index (χ4n) is 2.42. The standard InChI is InChI=1S/C17H16Cl2N2O3/c1-22-12-8-11(9-13(10-12)23-2)21(17-20-6-7-24-17)16-14(18)4-3-5-15(16)19/h3-5,8-10H,6-7H2,1-2H3. The van der Waals surface area contributed by atoms with Gasteiger partial charge in [-0.2, -0.15) is 0 Å². The molecule has 0 N–H and O–H groups in total. The zero-order valence-corrected chi connectivity index (χ0v) is 14.8. The van der Waals surface area contributed by atoms with Crippen LogP contribution in [0.25, 0.3) is 0 Å². The molecule has 0 aromatic heterocycles. The summed E-state index contributed by atoms with van der Waals surface area (Å²) in [6.45, 7) is 1.09. The molecule has 0 spiro atoms. The molecule has 1 heterocycles. The third-order valence-corrected chi connectivity index (χ3v) is 4.13. The number of aliphatic imine (C=N–C) groups is 1. The van der Waals surface area contributed by atoms with Gasteiger partial charge in [0.25, 0.3) is 6.02 Å². The van der Waals surface area contributed by atoms with Gasteiger partial charge in [0.15, 0.2) is 0 Å². The van der Waals surface area contributed by atoms with Crippen molar-refractivity contribution in [2.75, 3.05) is 32.3 Å². The molecule has 0 atom stereocenters. The van der Waals surface area contributed by atoms with Crippen LogP contribution in [0.15, 0.2) is 41.4 Å². The number of hydrogen-bond donors (Lipinski definition) is 0. The van der Waals surface area contributed by atoms with E-state index >= 15 is 0 Å². The Morgan fingerprint density at radius 1 is 1.04 bits per heavy atom. The second-order valence-corrected chi connectivity index (χ2v) is 5.80. The van der Waals surface area contributed by atoms with Crippen LogP contribution in [0, 0.1) is 0 Å². The third kappa shape index (κ3) is 3.23. The average Bonchev–Trinajstić information content (AvgIpc) is 3.11. The smallest absolute Gasteiger partial charge is 0.296 e. The van der Waals surface area contributed by atoms with Crippen LogP contribution >= 0.6 is 23.2 Å². The van der Waals surface area contributed by atoms with E-state index in [1.165, 1.54) is 0 Å². The van der Waals surface area contributed by atoms with Crippen molar-refractivity contribution >= 4 is 40.6 Å². The predicted octanol–water partition coefficient (Wildman–Crippen LogP) is 4.53. The van der Waals surface area contributed by atoms with Gasteiger partial charge in [-0.15, -0.1) is 0 Å². The Bertz CT molecular complexity index is 738. The summed E-state index contributed by atoms with van der Waals surface area (Å²) < 4.78 is 16.4. The first-order valence-electron chi connectivity index (χ1n) is 7.28. The Morgan fingerprint density at radius 3 is 2.17 bits per heavy atom. The molecule has 0 saturated heterocycles. The van der Waals surface area contributed by atoms with Crippen molar-refractivity contribution in [2.45, 2.75) is 0 Å². The van der Waals surface area contributed by atoms with E-state index in [0.29, 0.717) is 46.4 Å². The zero-order chi connectivity index (χ0) is 17.1. The summed E-state index contributed by atoms with van der Waals surface area (Å²) in [5.41, 5.74) is 1.32. The lowest BCUT2D eigenvalue weighted by molar-refractivity contribution is 0.342. The minimum Gasteiger partial charge on any atom is -0.497 e. The fraction of sp³-hybridized carbons (Fsp3) is 0.235. The van der Waals surface area contributed by atoms with Gasteiger partial charge in [0.05, 0.1) is 42.2 Å². The maximum Gasteiger partial charge on any atom is 0.296 e. The Balaban J connectivity index is 2.19. The lowest BCUT2D eigenvalue weighted by atomic mass is 10.2. The first-order chi connectivity index (χ1) is 11.6. The van der Waals surface area contributed by atoms with Crippen molar-refractivity contribution in [3.8, 4) is 11.5 Å². The normalized spacial score (nSPS) is 13.2. The Morgan fingerprint density at radius 2 is 1.67 bits per heavy atom. The second-order valence-electron chi connectivity index (χ2n) is 4.99. The van der Waals surface area contributed by atoms with Gasteiger partial charge in [-0.25, -0.2) is 4.99 Å². The van der Waals surface area contributed by atoms with Gasteiger partial charge in [0.2, 0.25) is 0 Å². The van der Waals surface area contributed by atoms with E-state index in [1.54, 1.807) is 43.4 Å². The SMILES string of the molecule is COc1cc(OC)cc(N(C2=NCCO2)c2c(Cl)cccc2Cl)c1. The Labute approximate surface area is 150 Å². The predicted molar refractivity (Wildman–Crippen MR) is 96.4 cm³/mol. The average molecular weight is 367 g/mol. The second kappa shape index (κ2) is 7.20. The van der Waals surface area contributed by atoms with Crippen molar-refractivity contribution < 1.29 is 14.2 Å². The number of methoxy groups -OCH3 is 2. The van der Waals surface area contributed by atoms with Gasteiger partial charge in [0.1, 0.15) is 18.1 Å². The molecular weight excluding hydrogens is 351 g/mol. The van der Waals surface area contributed by atoms with Crippen LogP contribution in [0.3, 0.4) is 0 Å². The number of nitrogens with zero attached hydrogens (tertiary/aromatic N) is 2. The number of benzene rings is 2. The molecule has 0 fully saturated rings. The third-order valence-electron chi connectivity index (χ3n) is 3.52. The first kappa shape index (κ1) is 16.7.